The Kier molecular flexibility index (Phi) is 1.86. The molecule has 2 nitrogen and oxygen atoms in total. The lowest BCUT2D eigenvalue weighted by atomic mass is 10.1. The van der Waals surface area contributed by atoms with Gasteiger partial charge in [0.15, 0.2) is 5.43 Å². The normalized spacial score (nSPS) is 9.79. The molecule has 0 spiro atoms. The number of H-pyrrole nitrogens is 1. The van der Waals surface area contributed by atoms with Crippen molar-refractivity contribution in [2.24, 2.45) is 0 Å². The molecule has 0 saturated carbocycles. The Hall–Kier alpha value is -2.01. The van der Waals surface area contributed by atoms with Crippen LogP contribution in [0.5, 0.6) is 0 Å². The number of allylic oxidation sites excluding steroid dienone is 1. The van der Waals surface area contributed by atoms with Crippen LogP contribution in [0.15, 0.2) is 29.6 Å². The molecule has 1 heterocycles. The van der Waals surface area contributed by atoms with Crippen LogP contribution < -0.4 is 5.43 Å². The first-order valence-electron chi connectivity index (χ1n) is 4.29. The average molecular weight is 183 g/mol. The van der Waals surface area contributed by atoms with Crippen LogP contribution in [-0.4, -0.2) is 4.98 Å². The highest BCUT2D eigenvalue weighted by molar-refractivity contribution is 5.79. The Morgan fingerprint density at radius 1 is 1.43 bits per heavy atom. The number of rotatable bonds is 1. The fraction of sp³-hybridized carbons (Fsp3) is 0.0833. The van der Waals surface area contributed by atoms with Crippen molar-refractivity contribution in [3.63, 3.8) is 0 Å². The predicted octanol–water partition coefficient (Wildman–Crippen LogP) is 2.16. The third-order valence-corrected chi connectivity index (χ3v) is 2.08. The fourth-order valence-corrected chi connectivity index (χ4v) is 1.31. The molecule has 0 aliphatic rings. The molecule has 0 radical (unpaired) electrons. The number of pyridine rings is 1. The van der Waals surface area contributed by atoms with E-state index in [1.54, 1.807) is 18.2 Å². The van der Waals surface area contributed by atoms with Crippen LogP contribution in [0.3, 0.4) is 0 Å². The third kappa shape index (κ3) is 1.29. The van der Waals surface area contributed by atoms with Crippen LogP contribution in [0.4, 0.5) is 0 Å². The van der Waals surface area contributed by atoms with Gasteiger partial charge >= 0.3 is 0 Å². The number of aromatic nitrogens is 1. The summed E-state index contributed by atoms with van der Waals surface area (Å²) in [5, 5.41) is 0.633. The lowest BCUT2D eigenvalue weighted by molar-refractivity contribution is 1.32. The minimum Gasteiger partial charge on any atom is -0.354 e. The van der Waals surface area contributed by atoms with Crippen LogP contribution in [0.25, 0.3) is 16.5 Å². The molecule has 2 aromatic rings. The topological polar surface area (TPSA) is 32.9 Å². The van der Waals surface area contributed by atoms with Crippen LogP contribution in [-0.2, 0) is 0 Å². The molecule has 0 bridgehead atoms. The molecule has 0 aliphatic heterocycles. The first-order chi connectivity index (χ1) is 6.68. The van der Waals surface area contributed by atoms with Crippen LogP contribution in [0, 0.1) is 12.1 Å². The monoisotopic (exact) mass is 183 g/mol. The van der Waals surface area contributed by atoms with E-state index in [-0.39, 0.29) is 5.43 Å². The molecule has 2 heteroatoms. The molecule has 0 fully saturated rings. The summed E-state index contributed by atoms with van der Waals surface area (Å²) in [5.41, 5.74) is 2.37. The molecule has 1 aromatic carbocycles. The fourth-order valence-electron chi connectivity index (χ4n) is 1.31. The summed E-state index contributed by atoms with van der Waals surface area (Å²) in [5.74, 6) is 0. The molecular formula is C12H9NO. The molecule has 0 atom stereocenters. The molecule has 0 unspecified atom stereocenters. The van der Waals surface area contributed by atoms with Gasteiger partial charge in [0.25, 0.3) is 0 Å². The minimum absolute atomic E-state index is 0.0120. The van der Waals surface area contributed by atoms with Gasteiger partial charge in [0, 0.05) is 23.9 Å². The zero-order chi connectivity index (χ0) is 10.1. The molecule has 2 rings (SSSR count). The van der Waals surface area contributed by atoms with Gasteiger partial charge in [-0.2, -0.15) is 0 Å². The second-order valence-corrected chi connectivity index (χ2v) is 3.23. The van der Waals surface area contributed by atoms with E-state index in [9.17, 15) is 4.79 Å². The summed E-state index contributed by atoms with van der Waals surface area (Å²) < 4.78 is 0. The Morgan fingerprint density at radius 3 is 2.86 bits per heavy atom. The van der Waals surface area contributed by atoms with Gasteiger partial charge in [-0.25, -0.2) is 0 Å². The molecule has 1 N–H and O–H groups in total. The van der Waals surface area contributed by atoms with Crippen molar-refractivity contribution in [1.82, 2.24) is 4.98 Å². The maximum Gasteiger partial charge on any atom is 0.190 e. The van der Waals surface area contributed by atoms with Crippen molar-refractivity contribution in [3.05, 3.63) is 52.8 Å². The molecule has 0 amide bonds. The summed E-state index contributed by atoms with van der Waals surface area (Å²) in [4.78, 5) is 14.7. The zero-order valence-electron chi connectivity index (χ0n) is 7.85. The molecular weight excluding hydrogens is 174 g/mol. The van der Waals surface area contributed by atoms with Gasteiger partial charge in [0.05, 0.1) is 10.9 Å². The smallest absolute Gasteiger partial charge is 0.190 e. The van der Waals surface area contributed by atoms with E-state index in [0.717, 1.165) is 16.8 Å². The summed E-state index contributed by atoms with van der Waals surface area (Å²) >= 11 is 0. The van der Waals surface area contributed by atoms with Crippen molar-refractivity contribution in [2.45, 2.75) is 6.92 Å². The highest BCUT2D eigenvalue weighted by Crippen LogP contribution is 2.10. The highest BCUT2D eigenvalue weighted by Gasteiger charge is 2.00. The van der Waals surface area contributed by atoms with Gasteiger partial charge in [0.2, 0.25) is 0 Å². The van der Waals surface area contributed by atoms with E-state index < -0.39 is 0 Å². The van der Waals surface area contributed by atoms with Gasteiger partial charge in [-0.3, -0.25) is 4.79 Å². The minimum atomic E-state index is -0.0120. The van der Waals surface area contributed by atoms with Crippen molar-refractivity contribution >= 4 is 16.5 Å². The van der Waals surface area contributed by atoms with Gasteiger partial charge in [-0.05, 0) is 12.5 Å². The lowest BCUT2D eigenvalue weighted by Gasteiger charge is -2.01. The van der Waals surface area contributed by atoms with Gasteiger partial charge in [-0.1, -0.05) is 18.7 Å². The molecule has 0 aliphatic carbocycles. The molecule has 68 valence electrons. The number of hydrogen-bond acceptors (Lipinski definition) is 1. The first-order valence-corrected chi connectivity index (χ1v) is 4.29. The van der Waals surface area contributed by atoms with E-state index >= 15 is 0 Å². The highest BCUT2D eigenvalue weighted by atomic mass is 16.1. The maximum absolute atomic E-state index is 11.6. The Morgan fingerprint density at radius 2 is 2.14 bits per heavy atom. The summed E-state index contributed by atoms with van der Waals surface area (Å²) in [6, 6.07) is 10.5. The Bertz CT molecular complexity index is 551. The Balaban J connectivity index is 2.86. The summed E-state index contributed by atoms with van der Waals surface area (Å²) in [7, 11) is 0. The van der Waals surface area contributed by atoms with Crippen molar-refractivity contribution in [1.29, 1.82) is 0 Å². The largest absolute Gasteiger partial charge is 0.354 e. The van der Waals surface area contributed by atoms with Crippen LogP contribution in [0.2, 0.25) is 0 Å². The number of hydrogen-bond donors (Lipinski definition) is 1. The second-order valence-electron chi connectivity index (χ2n) is 3.23. The predicted molar refractivity (Wildman–Crippen MR) is 56.9 cm³/mol. The quantitative estimate of drug-likeness (QED) is 0.722. The Labute approximate surface area is 81.9 Å². The standard InChI is InChI=1S/C12H9NO/c1-8(2)11-7-12(14)9-5-3-4-6-10(9)13-11/h5-7H,1H2,2H3,(H,13,14). The van der Waals surface area contributed by atoms with Crippen molar-refractivity contribution < 1.29 is 0 Å². The molecule has 0 saturated heterocycles. The van der Waals surface area contributed by atoms with E-state index in [2.05, 4.69) is 23.7 Å². The number of aromatic amines is 1. The summed E-state index contributed by atoms with van der Waals surface area (Å²) in [6.07, 6.45) is 0. The van der Waals surface area contributed by atoms with E-state index in [1.165, 1.54) is 0 Å². The summed E-state index contributed by atoms with van der Waals surface area (Å²) in [6.45, 7) is 5.64. The second kappa shape index (κ2) is 3.04. The third-order valence-electron chi connectivity index (χ3n) is 2.08. The first kappa shape index (κ1) is 8.58. The maximum atomic E-state index is 11.6. The van der Waals surface area contributed by atoms with E-state index in [4.69, 9.17) is 0 Å². The molecule has 14 heavy (non-hydrogen) atoms. The molecule has 1 aromatic heterocycles. The van der Waals surface area contributed by atoms with Crippen molar-refractivity contribution in [3.8, 4) is 0 Å². The number of nitrogens with one attached hydrogen (secondary N) is 1. The zero-order valence-corrected chi connectivity index (χ0v) is 7.85. The van der Waals surface area contributed by atoms with Crippen molar-refractivity contribution in [2.75, 3.05) is 0 Å². The number of fused-ring (bicyclic) bond motifs is 1. The lowest BCUT2D eigenvalue weighted by Crippen LogP contribution is -2.03. The average Bonchev–Trinajstić information content (AvgIpc) is 2.17. The van der Waals surface area contributed by atoms with Crippen LogP contribution >= 0.6 is 0 Å². The SMILES string of the molecule is C=C(C)c1cc(=O)c2cc#ccc2[nH]1. The van der Waals surface area contributed by atoms with Gasteiger partial charge in [0.1, 0.15) is 0 Å². The van der Waals surface area contributed by atoms with Gasteiger partial charge < -0.3 is 4.98 Å². The van der Waals surface area contributed by atoms with E-state index in [1.807, 2.05) is 6.92 Å². The van der Waals surface area contributed by atoms with Gasteiger partial charge in [-0.15, -0.1) is 0 Å². The van der Waals surface area contributed by atoms with E-state index in [0.29, 0.717) is 5.39 Å². The van der Waals surface area contributed by atoms with Crippen LogP contribution in [0.1, 0.15) is 12.6 Å².